The van der Waals surface area contributed by atoms with E-state index in [-0.39, 0.29) is 24.7 Å². The number of hydrogen-bond acceptors (Lipinski definition) is 5. The van der Waals surface area contributed by atoms with Crippen molar-refractivity contribution in [3.05, 3.63) is 34.9 Å². The quantitative estimate of drug-likeness (QED) is 0.838. The van der Waals surface area contributed by atoms with E-state index in [1.807, 2.05) is 24.3 Å². The minimum Gasteiger partial charge on any atom is -0.447 e. The van der Waals surface area contributed by atoms with E-state index in [2.05, 4.69) is 15.5 Å². The minimum atomic E-state index is -0.594. The maximum absolute atomic E-state index is 12.2. The molecule has 0 aromatic heterocycles. The Morgan fingerprint density at radius 1 is 1.24 bits per heavy atom. The monoisotopic (exact) mass is 365 g/mol. The predicted molar refractivity (Wildman–Crippen MR) is 90.3 cm³/mol. The van der Waals surface area contributed by atoms with Crippen molar-refractivity contribution in [2.45, 2.75) is 30.7 Å². The summed E-state index contributed by atoms with van der Waals surface area (Å²) in [7, 11) is 0. The number of hydrogen-bond donors (Lipinski definition) is 2. The minimum absolute atomic E-state index is 0.0190. The van der Waals surface area contributed by atoms with Crippen LogP contribution in [0.3, 0.4) is 0 Å². The molecule has 3 fully saturated rings. The maximum atomic E-state index is 12.2. The molecule has 0 spiro atoms. The molecule has 3 saturated heterocycles. The van der Waals surface area contributed by atoms with Gasteiger partial charge in [0.1, 0.15) is 12.6 Å². The van der Waals surface area contributed by atoms with Gasteiger partial charge in [-0.15, -0.1) is 0 Å². The molecule has 1 aromatic carbocycles. The van der Waals surface area contributed by atoms with Crippen LogP contribution in [0.2, 0.25) is 5.02 Å². The SMILES string of the molecule is O=C1N[C@H](C(=O)N[C@H]2C[C@H]3CO[C@@H](c4ccc(Cl)cc4)CN3C2)CO1. The van der Waals surface area contributed by atoms with Crippen LogP contribution in [0.5, 0.6) is 0 Å². The molecule has 4 rings (SSSR count). The van der Waals surface area contributed by atoms with E-state index in [4.69, 9.17) is 21.1 Å². The van der Waals surface area contributed by atoms with Gasteiger partial charge in [0.2, 0.25) is 5.91 Å². The molecule has 25 heavy (non-hydrogen) atoms. The number of nitrogens with zero attached hydrogens (tertiary/aromatic N) is 1. The van der Waals surface area contributed by atoms with Gasteiger partial charge in [0.05, 0.1) is 12.7 Å². The maximum Gasteiger partial charge on any atom is 0.407 e. The van der Waals surface area contributed by atoms with E-state index in [9.17, 15) is 9.59 Å². The summed E-state index contributed by atoms with van der Waals surface area (Å²) in [5, 5.41) is 6.22. The highest BCUT2D eigenvalue weighted by atomic mass is 35.5. The lowest BCUT2D eigenvalue weighted by atomic mass is 10.1. The molecule has 1 aromatic rings. The molecule has 7 nitrogen and oxygen atoms in total. The number of carbonyl (C=O) groups excluding carboxylic acids is 2. The third-order valence-corrected chi connectivity index (χ3v) is 5.25. The number of fused-ring (bicyclic) bond motifs is 1. The molecule has 134 valence electrons. The fourth-order valence-electron chi connectivity index (χ4n) is 3.69. The van der Waals surface area contributed by atoms with Crippen LogP contribution >= 0.6 is 11.6 Å². The van der Waals surface area contributed by atoms with Gasteiger partial charge in [0, 0.05) is 30.2 Å². The van der Waals surface area contributed by atoms with Crippen molar-refractivity contribution < 1.29 is 19.1 Å². The first-order chi connectivity index (χ1) is 12.1. The number of cyclic esters (lactones) is 1. The summed E-state index contributed by atoms with van der Waals surface area (Å²) < 4.78 is 10.8. The molecule has 0 saturated carbocycles. The summed E-state index contributed by atoms with van der Waals surface area (Å²) >= 11 is 5.94. The second-order valence-corrected chi connectivity index (χ2v) is 7.15. The van der Waals surface area contributed by atoms with Crippen molar-refractivity contribution in [1.82, 2.24) is 15.5 Å². The van der Waals surface area contributed by atoms with Crippen LogP contribution in [0.15, 0.2) is 24.3 Å². The van der Waals surface area contributed by atoms with Crippen LogP contribution in [0.1, 0.15) is 18.1 Å². The first-order valence-corrected chi connectivity index (χ1v) is 8.81. The van der Waals surface area contributed by atoms with Crippen molar-refractivity contribution in [1.29, 1.82) is 0 Å². The van der Waals surface area contributed by atoms with Crippen LogP contribution in [-0.4, -0.2) is 61.3 Å². The second kappa shape index (κ2) is 6.82. The molecule has 3 aliphatic rings. The zero-order valence-corrected chi connectivity index (χ0v) is 14.4. The number of benzene rings is 1. The van der Waals surface area contributed by atoms with E-state index >= 15 is 0 Å². The van der Waals surface area contributed by atoms with Crippen LogP contribution in [-0.2, 0) is 14.3 Å². The van der Waals surface area contributed by atoms with Gasteiger partial charge in [-0.1, -0.05) is 23.7 Å². The van der Waals surface area contributed by atoms with Gasteiger partial charge in [-0.05, 0) is 24.1 Å². The van der Waals surface area contributed by atoms with Crippen LogP contribution in [0.4, 0.5) is 4.79 Å². The molecular weight excluding hydrogens is 346 g/mol. The highest BCUT2D eigenvalue weighted by molar-refractivity contribution is 6.30. The Kier molecular flexibility index (Phi) is 4.54. The summed E-state index contributed by atoms with van der Waals surface area (Å²) in [6.45, 7) is 2.31. The zero-order chi connectivity index (χ0) is 17.4. The standard InChI is InChI=1S/C17H20ClN3O4/c18-11-3-1-10(2-4-11)15-7-21-6-12(5-13(21)8-24-15)19-16(22)14-9-25-17(23)20-14/h1-4,12-15H,5-9H2,(H,19,22)(H,20,23)/t12-,13-,14-,15+/m0/s1. The number of halogens is 1. The van der Waals surface area contributed by atoms with Gasteiger partial charge < -0.3 is 20.1 Å². The number of morpholine rings is 1. The van der Waals surface area contributed by atoms with Crippen LogP contribution in [0, 0.1) is 0 Å². The summed E-state index contributed by atoms with van der Waals surface area (Å²) in [5.41, 5.74) is 1.11. The van der Waals surface area contributed by atoms with Crippen molar-refractivity contribution in [3.8, 4) is 0 Å². The molecule has 0 unspecified atom stereocenters. The van der Waals surface area contributed by atoms with Crippen molar-refractivity contribution in [3.63, 3.8) is 0 Å². The van der Waals surface area contributed by atoms with Gasteiger partial charge in [0.25, 0.3) is 0 Å². The lowest BCUT2D eigenvalue weighted by Gasteiger charge is -2.35. The van der Waals surface area contributed by atoms with Crippen LogP contribution < -0.4 is 10.6 Å². The molecule has 0 aliphatic carbocycles. The van der Waals surface area contributed by atoms with E-state index in [0.717, 1.165) is 25.1 Å². The number of ether oxygens (including phenoxy) is 2. The second-order valence-electron chi connectivity index (χ2n) is 6.72. The molecule has 3 heterocycles. The van der Waals surface area contributed by atoms with E-state index in [0.29, 0.717) is 17.7 Å². The molecule has 4 atom stereocenters. The predicted octanol–water partition coefficient (Wildman–Crippen LogP) is 1.08. The van der Waals surface area contributed by atoms with Gasteiger partial charge in [-0.2, -0.15) is 0 Å². The summed E-state index contributed by atoms with van der Waals surface area (Å²) in [6.07, 6.45) is 0.328. The fraction of sp³-hybridized carbons (Fsp3) is 0.529. The Balaban J connectivity index is 1.33. The lowest BCUT2D eigenvalue weighted by Crippen LogP contribution is -2.47. The fourth-order valence-corrected chi connectivity index (χ4v) is 3.81. The number of nitrogens with one attached hydrogen (secondary N) is 2. The molecular formula is C17H20ClN3O4. The van der Waals surface area contributed by atoms with E-state index in [1.165, 1.54) is 0 Å². The highest BCUT2D eigenvalue weighted by Crippen LogP contribution is 2.30. The average Bonchev–Trinajstić information content (AvgIpc) is 3.20. The lowest BCUT2D eigenvalue weighted by molar-refractivity contribution is -0.123. The van der Waals surface area contributed by atoms with Crippen molar-refractivity contribution in [2.24, 2.45) is 0 Å². The van der Waals surface area contributed by atoms with Gasteiger partial charge in [-0.3, -0.25) is 9.69 Å². The Morgan fingerprint density at radius 2 is 2.04 bits per heavy atom. The Labute approximate surface area is 150 Å². The van der Waals surface area contributed by atoms with E-state index < -0.39 is 12.1 Å². The van der Waals surface area contributed by atoms with Gasteiger partial charge >= 0.3 is 6.09 Å². The smallest absolute Gasteiger partial charge is 0.407 e. The molecule has 3 aliphatic heterocycles. The molecule has 8 heteroatoms. The largest absolute Gasteiger partial charge is 0.447 e. The van der Waals surface area contributed by atoms with Crippen LogP contribution in [0.25, 0.3) is 0 Å². The number of alkyl carbamates (subject to hydrolysis) is 1. The molecule has 2 N–H and O–H groups in total. The third-order valence-electron chi connectivity index (χ3n) is 5.00. The van der Waals surface area contributed by atoms with Gasteiger partial charge in [-0.25, -0.2) is 4.79 Å². The highest BCUT2D eigenvalue weighted by Gasteiger charge is 2.39. The molecule has 0 bridgehead atoms. The summed E-state index contributed by atoms with van der Waals surface area (Å²) in [6, 6.07) is 7.50. The Bertz CT molecular complexity index is 668. The third kappa shape index (κ3) is 3.58. The van der Waals surface area contributed by atoms with E-state index in [1.54, 1.807) is 0 Å². The van der Waals surface area contributed by atoms with Gasteiger partial charge in [0.15, 0.2) is 0 Å². The molecule has 0 radical (unpaired) electrons. The number of carbonyl (C=O) groups is 2. The summed E-state index contributed by atoms with van der Waals surface area (Å²) in [4.78, 5) is 25.6. The average molecular weight is 366 g/mol. The molecule has 2 amide bonds. The summed E-state index contributed by atoms with van der Waals surface area (Å²) in [5.74, 6) is -0.189. The first-order valence-electron chi connectivity index (χ1n) is 8.43. The first kappa shape index (κ1) is 16.6. The topological polar surface area (TPSA) is 79.9 Å². The van der Waals surface area contributed by atoms with Crippen molar-refractivity contribution >= 4 is 23.6 Å². The number of amides is 2. The Hall–Kier alpha value is -1.83. The Morgan fingerprint density at radius 3 is 2.76 bits per heavy atom. The zero-order valence-electron chi connectivity index (χ0n) is 13.6. The normalized spacial score (nSPS) is 32.0. The van der Waals surface area contributed by atoms with Crippen molar-refractivity contribution in [2.75, 3.05) is 26.3 Å². The number of rotatable bonds is 3.